The van der Waals surface area contributed by atoms with Crippen molar-refractivity contribution in [3.8, 4) is 0 Å². The second-order valence-electron chi connectivity index (χ2n) is 21.0. The van der Waals surface area contributed by atoms with Crippen LogP contribution in [0.5, 0.6) is 0 Å². The lowest BCUT2D eigenvalue weighted by atomic mass is 10.0. The van der Waals surface area contributed by atoms with Gasteiger partial charge in [0.2, 0.25) is 5.91 Å². The van der Waals surface area contributed by atoms with Crippen molar-refractivity contribution in [2.24, 2.45) is 0 Å². The van der Waals surface area contributed by atoms with Crippen molar-refractivity contribution in [3.63, 3.8) is 0 Å². The third-order valence-electron chi connectivity index (χ3n) is 13.1. The first-order valence-corrected chi connectivity index (χ1v) is 30.3. The van der Waals surface area contributed by atoms with Crippen LogP contribution in [0.1, 0.15) is 277 Å². The summed E-state index contributed by atoms with van der Waals surface area (Å²) < 4.78 is 23.3. The maximum absolute atomic E-state index is 13.0. The molecule has 3 atom stereocenters. The van der Waals surface area contributed by atoms with Crippen LogP contribution in [0.25, 0.3) is 0 Å². The zero-order chi connectivity index (χ0) is 49.2. The lowest BCUT2D eigenvalue weighted by Gasteiger charge is -2.29. The van der Waals surface area contributed by atoms with Gasteiger partial charge in [-0.15, -0.1) is 0 Å². The Morgan fingerprint density at radius 3 is 1.21 bits per heavy atom. The Morgan fingerprint density at radius 1 is 0.507 bits per heavy atom. The fraction of sp³-hybridized carbons (Fsp3) is 0.879. The molecule has 0 aliphatic heterocycles. The minimum absolute atomic E-state index is 0.00609. The number of amides is 1. The fourth-order valence-electron chi connectivity index (χ4n) is 8.52. The van der Waals surface area contributed by atoms with Crippen LogP contribution in [0.4, 0.5) is 0 Å². The van der Waals surface area contributed by atoms with Crippen molar-refractivity contribution in [3.05, 3.63) is 36.5 Å². The summed E-state index contributed by atoms with van der Waals surface area (Å²) in [5.41, 5.74) is 0. The van der Waals surface area contributed by atoms with Gasteiger partial charge in [0.1, 0.15) is 13.2 Å². The zero-order valence-electron chi connectivity index (χ0n) is 45.1. The largest absolute Gasteiger partial charge is 0.756 e. The highest BCUT2D eigenvalue weighted by atomic mass is 31.2. The van der Waals surface area contributed by atoms with E-state index in [1.165, 1.54) is 218 Å². The Bertz CT molecular complexity index is 1190. The smallest absolute Gasteiger partial charge is 0.268 e. The van der Waals surface area contributed by atoms with E-state index in [9.17, 15) is 19.4 Å². The molecule has 0 aromatic rings. The number of nitrogens with one attached hydrogen (secondary N) is 1. The molecule has 0 saturated carbocycles. The number of nitrogens with zero attached hydrogens (tertiary/aromatic N) is 1. The number of aliphatic hydroxyl groups is 1. The van der Waals surface area contributed by atoms with Crippen LogP contribution in [0.2, 0.25) is 0 Å². The number of quaternary nitrogens is 1. The van der Waals surface area contributed by atoms with Crippen molar-refractivity contribution in [2.75, 3.05) is 40.9 Å². The van der Waals surface area contributed by atoms with Crippen molar-refractivity contribution >= 4 is 13.7 Å². The Balaban J connectivity index is 4.24. The monoisotopic (exact) mass is 965 g/mol. The highest BCUT2D eigenvalue weighted by molar-refractivity contribution is 7.45. The molecule has 67 heavy (non-hydrogen) atoms. The molecular weight excluding hydrogens is 852 g/mol. The van der Waals surface area contributed by atoms with E-state index in [2.05, 4.69) is 43.5 Å². The number of aliphatic hydroxyl groups excluding tert-OH is 1. The molecule has 0 heterocycles. The van der Waals surface area contributed by atoms with Gasteiger partial charge >= 0.3 is 0 Å². The summed E-state index contributed by atoms with van der Waals surface area (Å²) in [6.45, 7) is 4.66. The second kappa shape index (κ2) is 49.7. The van der Waals surface area contributed by atoms with E-state index >= 15 is 0 Å². The molecule has 3 unspecified atom stereocenters. The van der Waals surface area contributed by atoms with Gasteiger partial charge in [0.25, 0.3) is 7.82 Å². The number of allylic oxidation sites excluding steroid dienone is 5. The molecule has 0 aromatic carbocycles. The number of carbonyl (C=O) groups excluding carboxylic acids is 1. The summed E-state index contributed by atoms with van der Waals surface area (Å²) in [4.78, 5) is 25.5. The minimum atomic E-state index is -4.60. The zero-order valence-corrected chi connectivity index (χ0v) is 46.0. The van der Waals surface area contributed by atoms with Crippen LogP contribution in [-0.2, 0) is 18.4 Å². The average Bonchev–Trinajstić information content (AvgIpc) is 3.29. The van der Waals surface area contributed by atoms with E-state index in [1.54, 1.807) is 6.08 Å². The third kappa shape index (κ3) is 52.4. The molecule has 0 fully saturated rings. The molecule has 8 nitrogen and oxygen atoms in total. The number of carbonyl (C=O) groups is 1. The van der Waals surface area contributed by atoms with Crippen LogP contribution in [0.15, 0.2) is 36.5 Å². The summed E-state index contributed by atoms with van der Waals surface area (Å²) in [6, 6.07) is -0.904. The number of phosphoric acid groups is 1. The van der Waals surface area contributed by atoms with Crippen LogP contribution < -0.4 is 10.2 Å². The third-order valence-corrected chi connectivity index (χ3v) is 14.0. The molecule has 0 aliphatic rings. The van der Waals surface area contributed by atoms with Gasteiger partial charge in [0.05, 0.1) is 39.9 Å². The van der Waals surface area contributed by atoms with E-state index < -0.39 is 26.6 Å². The summed E-state index contributed by atoms with van der Waals surface area (Å²) in [6.07, 6.45) is 63.7. The highest BCUT2D eigenvalue weighted by Crippen LogP contribution is 2.38. The van der Waals surface area contributed by atoms with Crippen molar-refractivity contribution in [1.29, 1.82) is 0 Å². The average molecular weight is 966 g/mol. The van der Waals surface area contributed by atoms with Gasteiger partial charge in [0.15, 0.2) is 0 Å². The van der Waals surface area contributed by atoms with Crippen molar-refractivity contribution in [2.45, 2.75) is 289 Å². The molecule has 0 spiro atoms. The Morgan fingerprint density at radius 2 is 0.836 bits per heavy atom. The molecule has 2 N–H and O–H groups in total. The van der Waals surface area contributed by atoms with Crippen LogP contribution in [0, 0.1) is 0 Å². The molecule has 0 rings (SSSR count). The van der Waals surface area contributed by atoms with E-state index in [4.69, 9.17) is 9.05 Å². The van der Waals surface area contributed by atoms with E-state index in [0.29, 0.717) is 17.4 Å². The number of hydrogen-bond acceptors (Lipinski definition) is 6. The van der Waals surface area contributed by atoms with Crippen molar-refractivity contribution in [1.82, 2.24) is 5.32 Å². The van der Waals surface area contributed by atoms with E-state index in [-0.39, 0.29) is 12.5 Å². The topological polar surface area (TPSA) is 108 Å². The maximum Gasteiger partial charge on any atom is 0.268 e. The molecule has 0 radical (unpaired) electrons. The van der Waals surface area contributed by atoms with Crippen LogP contribution in [0.3, 0.4) is 0 Å². The summed E-state index contributed by atoms with van der Waals surface area (Å²) in [5.74, 6) is -0.206. The Hall–Kier alpha value is -1.28. The molecule has 0 aromatic heterocycles. The highest BCUT2D eigenvalue weighted by Gasteiger charge is 2.23. The molecule has 0 saturated heterocycles. The minimum Gasteiger partial charge on any atom is -0.756 e. The molecular formula is C58H113N2O6P. The second-order valence-corrected chi connectivity index (χ2v) is 22.4. The van der Waals surface area contributed by atoms with Crippen LogP contribution in [-0.4, -0.2) is 68.5 Å². The van der Waals surface area contributed by atoms with Crippen LogP contribution >= 0.6 is 7.82 Å². The van der Waals surface area contributed by atoms with Crippen molar-refractivity contribution < 1.29 is 32.9 Å². The first-order chi connectivity index (χ1) is 32.5. The van der Waals surface area contributed by atoms with E-state index in [1.807, 2.05) is 27.2 Å². The SMILES string of the molecule is CCCCCCCCCCCCCC/C=C\CCCCCCCCCCCC(=O)NC(COP(=O)([O-])OCC[N+](C)(C)C)C(O)/C=C/CC/C=C/CCCCCCCCCCCCCCCC. The Kier molecular flexibility index (Phi) is 48.7. The lowest BCUT2D eigenvalue weighted by molar-refractivity contribution is -0.870. The summed E-state index contributed by atoms with van der Waals surface area (Å²) >= 11 is 0. The maximum atomic E-state index is 13.0. The quantitative estimate of drug-likeness (QED) is 0.0272. The van der Waals surface area contributed by atoms with Gasteiger partial charge in [-0.3, -0.25) is 9.36 Å². The number of hydrogen-bond donors (Lipinski definition) is 2. The molecule has 0 aliphatic carbocycles. The van der Waals surface area contributed by atoms with E-state index in [0.717, 1.165) is 38.5 Å². The van der Waals surface area contributed by atoms with Gasteiger partial charge in [0, 0.05) is 6.42 Å². The predicted octanol–water partition coefficient (Wildman–Crippen LogP) is 16.7. The van der Waals surface area contributed by atoms with Gasteiger partial charge in [-0.1, -0.05) is 249 Å². The number of phosphoric ester groups is 1. The van der Waals surface area contributed by atoms with Gasteiger partial charge in [-0.2, -0.15) is 0 Å². The molecule has 9 heteroatoms. The molecule has 396 valence electrons. The normalized spacial score (nSPS) is 14.2. The number of likely N-dealkylation sites (N-methyl/N-ethyl adjacent to an activating group) is 1. The van der Waals surface area contributed by atoms with Gasteiger partial charge in [-0.25, -0.2) is 0 Å². The first kappa shape index (κ1) is 65.7. The number of rotatable bonds is 53. The molecule has 1 amide bonds. The summed E-state index contributed by atoms with van der Waals surface area (Å²) in [7, 11) is 1.25. The van der Waals surface area contributed by atoms with Gasteiger partial charge in [-0.05, 0) is 57.8 Å². The Labute approximate surface area is 417 Å². The summed E-state index contributed by atoms with van der Waals surface area (Å²) in [5, 5.41) is 13.9. The first-order valence-electron chi connectivity index (χ1n) is 28.9. The fourth-order valence-corrected chi connectivity index (χ4v) is 9.24. The molecule has 0 bridgehead atoms. The predicted molar refractivity (Wildman–Crippen MR) is 288 cm³/mol. The van der Waals surface area contributed by atoms with Gasteiger partial charge < -0.3 is 28.8 Å². The standard InChI is InChI=1S/C58H113N2O6P/c1-6-8-10-12-14-16-18-20-22-24-26-28-29-30-31-32-34-36-38-40-42-44-46-48-50-52-58(62)59-56(55-66-67(63,64)65-54-53-60(3,4)5)57(61)51-49-47-45-43-41-39-37-35-33-27-25-23-21-19-17-15-13-11-9-7-2/h30-31,41,43,49,51,56-57,61H,6-29,32-40,42,44-48,50,52-55H2,1-5H3,(H-,59,62,63,64)/b31-30-,43-41+,51-49+. The lowest BCUT2D eigenvalue weighted by Crippen LogP contribution is -2.45. The number of unbranched alkanes of at least 4 members (excludes halogenated alkanes) is 36.